The van der Waals surface area contributed by atoms with E-state index in [0.29, 0.717) is 12.0 Å². The van der Waals surface area contributed by atoms with Crippen molar-refractivity contribution in [3.63, 3.8) is 0 Å². The van der Waals surface area contributed by atoms with Gasteiger partial charge >= 0.3 is 6.03 Å². The van der Waals surface area contributed by atoms with E-state index in [1.165, 1.54) is 6.42 Å². The van der Waals surface area contributed by atoms with Gasteiger partial charge in [-0.1, -0.05) is 13.8 Å². The number of thioether (sulfide) groups is 1. The van der Waals surface area contributed by atoms with Gasteiger partial charge in [0, 0.05) is 31.0 Å². The predicted octanol–water partition coefficient (Wildman–Crippen LogP) is 2.73. The number of urea groups is 1. The fourth-order valence-corrected chi connectivity index (χ4v) is 3.72. The molecule has 20 heavy (non-hydrogen) atoms. The van der Waals surface area contributed by atoms with Crippen LogP contribution in [0, 0.1) is 5.92 Å². The zero-order valence-corrected chi connectivity index (χ0v) is 13.7. The summed E-state index contributed by atoms with van der Waals surface area (Å²) >= 11 is 1.92. The molecule has 0 unspecified atom stereocenters. The van der Waals surface area contributed by atoms with Crippen molar-refractivity contribution in [1.82, 2.24) is 10.2 Å². The number of rotatable bonds is 5. The van der Waals surface area contributed by atoms with Crippen molar-refractivity contribution in [2.75, 3.05) is 26.0 Å². The Hall–Kier alpha value is -0.420. The Labute approximate surface area is 127 Å². The van der Waals surface area contributed by atoms with Crippen LogP contribution in [0.2, 0.25) is 0 Å². The molecule has 2 aliphatic rings. The number of hydrogen-bond acceptors (Lipinski definition) is 3. The first-order valence-electron chi connectivity index (χ1n) is 7.78. The van der Waals surface area contributed by atoms with E-state index in [0.717, 1.165) is 44.2 Å². The van der Waals surface area contributed by atoms with Gasteiger partial charge in [0.05, 0.1) is 6.10 Å². The lowest BCUT2D eigenvalue weighted by molar-refractivity contribution is 0.0435. The molecule has 4 nitrogen and oxygen atoms in total. The maximum absolute atomic E-state index is 12.2. The van der Waals surface area contributed by atoms with E-state index < -0.39 is 0 Å². The van der Waals surface area contributed by atoms with Crippen molar-refractivity contribution in [3.8, 4) is 0 Å². The first-order chi connectivity index (χ1) is 9.58. The molecule has 3 atom stereocenters. The molecule has 0 aromatic rings. The van der Waals surface area contributed by atoms with Gasteiger partial charge in [0.15, 0.2) is 0 Å². The monoisotopic (exact) mass is 300 g/mol. The molecule has 1 saturated carbocycles. The molecule has 1 aliphatic carbocycles. The second-order valence-corrected chi connectivity index (χ2v) is 7.54. The van der Waals surface area contributed by atoms with Crippen molar-refractivity contribution in [1.29, 1.82) is 0 Å². The molecule has 0 radical (unpaired) electrons. The normalized spacial score (nSPS) is 30.2. The predicted molar refractivity (Wildman–Crippen MR) is 84.2 cm³/mol. The molecule has 1 heterocycles. The first kappa shape index (κ1) is 16.0. The molecule has 1 aliphatic heterocycles. The Morgan fingerprint density at radius 1 is 1.40 bits per heavy atom. The topological polar surface area (TPSA) is 41.6 Å². The summed E-state index contributed by atoms with van der Waals surface area (Å²) in [5, 5.41) is 3.91. The highest BCUT2D eigenvalue weighted by Gasteiger charge is 2.30. The molecule has 2 amide bonds. The van der Waals surface area contributed by atoms with Gasteiger partial charge in [-0.2, -0.15) is 11.8 Å². The van der Waals surface area contributed by atoms with Gasteiger partial charge in [0.2, 0.25) is 0 Å². The van der Waals surface area contributed by atoms with Gasteiger partial charge in [-0.05, 0) is 37.9 Å². The molecular formula is C15H28N2O2S. The minimum absolute atomic E-state index is 0.104. The zero-order chi connectivity index (χ0) is 14.5. The van der Waals surface area contributed by atoms with Crippen LogP contribution in [0.25, 0.3) is 0 Å². The van der Waals surface area contributed by atoms with Gasteiger partial charge in [-0.25, -0.2) is 4.79 Å². The summed E-state index contributed by atoms with van der Waals surface area (Å²) < 4.78 is 5.82. The van der Waals surface area contributed by atoms with E-state index in [1.54, 1.807) is 0 Å². The zero-order valence-electron chi connectivity index (χ0n) is 12.9. The largest absolute Gasteiger partial charge is 0.376 e. The number of nitrogens with one attached hydrogen (secondary N) is 1. The summed E-state index contributed by atoms with van der Waals surface area (Å²) in [5.74, 6) is 0.555. The van der Waals surface area contributed by atoms with Crippen molar-refractivity contribution in [3.05, 3.63) is 0 Å². The summed E-state index contributed by atoms with van der Waals surface area (Å²) in [5.41, 5.74) is 0. The fraction of sp³-hybridized carbons (Fsp3) is 0.933. The number of ether oxygens (including phenoxy) is 1. The smallest absolute Gasteiger partial charge is 0.317 e. The third-order valence-electron chi connectivity index (χ3n) is 4.14. The van der Waals surface area contributed by atoms with E-state index in [2.05, 4.69) is 25.4 Å². The number of carbonyl (C=O) groups excluding carboxylic acids is 1. The SMILES string of the molecule is CS[C@@H]1CC[C@H](NC(=O)N2CC[C@@H](OCC(C)C)C2)C1. The minimum atomic E-state index is 0.104. The molecule has 0 aromatic heterocycles. The molecular weight excluding hydrogens is 272 g/mol. The average molecular weight is 300 g/mol. The number of nitrogens with zero attached hydrogens (tertiary/aromatic N) is 1. The van der Waals surface area contributed by atoms with E-state index in [4.69, 9.17) is 4.74 Å². The molecule has 2 fully saturated rings. The van der Waals surface area contributed by atoms with Crippen LogP contribution < -0.4 is 5.32 Å². The second kappa shape index (κ2) is 7.55. The number of carbonyl (C=O) groups is 1. The fourth-order valence-electron chi connectivity index (χ4n) is 2.93. The Balaban J connectivity index is 1.69. The minimum Gasteiger partial charge on any atom is -0.376 e. The Morgan fingerprint density at radius 3 is 2.85 bits per heavy atom. The number of hydrogen-bond donors (Lipinski definition) is 1. The summed E-state index contributed by atoms with van der Waals surface area (Å²) in [7, 11) is 0. The van der Waals surface area contributed by atoms with E-state index >= 15 is 0 Å². The van der Waals surface area contributed by atoms with E-state index in [9.17, 15) is 4.79 Å². The molecule has 1 N–H and O–H groups in total. The summed E-state index contributed by atoms with van der Waals surface area (Å²) in [4.78, 5) is 14.1. The Kier molecular flexibility index (Phi) is 6.02. The highest BCUT2D eigenvalue weighted by Crippen LogP contribution is 2.28. The van der Waals surface area contributed by atoms with Crippen molar-refractivity contribution >= 4 is 17.8 Å². The van der Waals surface area contributed by atoms with Crippen LogP contribution in [-0.2, 0) is 4.74 Å². The summed E-state index contributed by atoms with van der Waals surface area (Å²) in [6, 6.07) is 0.475. The van der Waals surface area contributed by atoms with Gasteiger partial charge < -0.3 is 15.0 Å². The van der Waals surface area contributed by atoms with Crippen LogP contribution >= 0.6 is 11.8 Å². The molecule has 116 valence electrons. The molecule has 0 spiro atoms. The van der Waals surface area contributed by atoms with Gasteiger partial charge in [-0.3, -0.25) is 0 Å². The molecule has 5 heteroatoms. The lowest BCUT2D eigenvalue weighted by Gasteiger charge is -2.21. The van der Waals surface area contributed by atoms with Gasteiger partial charge in [0.1, 0.15) is 0 Å². The lowest BCUT2D eigenvalue weighted by atomic mass is 10.2. The quantitative estimate of drug-likeness (QED) is 0.849. The van der Waals surface area contributed by atoms with Crippen LogP contribution in [0.4, 0.5) is 4.79 Å². The van der Waals surface area contributed by atoms with Crippen LogP contribution in [-0.4, -0.2) is 54.3 Å². The average Bonchev–Trinajstić information content (AvgIpc) is 3.04. The third-order valence-corrected chi connectivity index (χ3v) is 5.24. The highest BCUT2D eigenvalue weighted by atomic mass is 32.2. The molecule has 0 bridgehead atoms. The first-order valence-corrected chi connectivity index (χ1v) is 9.07. The van der Waals surface area contributed by atoms with Crippen LogP contribution in [0.5, 0.6) is 0 Å². The maximum atomic E-state index is 12.2. The van der Waals surface area contributed by atoms with Crippen LogP contribution in [0.3, 0.4) is 0 Å². The van der Waals surface area contributed by atoms with Crippen LogP contribution in [0.1, 0.15) is 39.5 Å². The van der Waals surface area contributed by atoms with E-state index in [-0.39, 0.29) is 12.1 Å². The summed E-state index contributed by atoms with van der Waals surface area (Å²) in [6.45, 7) is 6.67. The molecule has 1 saturated heterocycles. The number of likely N-dealkylation sites (tertiary alicyclic amines) is 1. The lowest BCUT2D eigenvalue weighted by Crippen LogP contribution is -2.43. The third kappa shape index (κ3) is 4.55. The number of amides is 2. The van der Waals surface area contributed by atoms with Crippen molar-refractivity contribution < 1.29 is 9.53 Å². The highest BCUT2D eigenvalue weighted by molar-refractivity contribution is 7.99. The standard InChI is InChI=1S/C15H28N2O2S/c1-11(2)10-19-13-6-7-17(9-13)15(18)16-12-4-5-14(8-12)20-3/h11-14H,4-10H2,1-3H3,(H,16,18)/t12-,13+,14+/m0/s1. The maximum Gasteiger partial charge on any atom is 0.317 e. The van der Waals surface area contributed by atoms with Gasteiger partial charge in [-0.15, -0.1) is 0 Å². The van der Waals surface area contributed by atoms with E-state index in [1.807, 2.05) is 16.7 Å². The van der Waals surface area contributed by atoms with Crippen molar-refractivity contribution in [2.45, 2.75) is 56.9 Å². The summed E-state index contributed by atoms with van der Waals surface area (Å²) in [6.07, 6.45) is 6.83. The Bertz CT molecular complexity index is 325. The molecule has 2 rings (SSSR count). The molecule has 0 aromatic carbocycles. The van der Waals surface area contributed by atoms with Crippen molar-refractivity contribution in [2.24, 2.45) is 5.92 Å². The Morgan fingerprint density at radius 2 is 2.20 bits per heavy atom. The second-order valence-electron chi connectivity index (χ2n) is 6.40. The van der Waals surface area contributed by atoms with Crippen LogP contribution in [0.15, 0.2) is 0 Å². The van der Waals surface area contributed by atoms with Gasteiger partial charge in [0.25, 0.3) is 0 Å².